The van der Waals surface area contributed by atoms with E-state index in [0.717, 1.165) is 11.1 Å². The molecular weight excluding hydrogens is 350 g/mol. The van der Waals surface area contributed by atoms with E-state index in [1.807, 2.05) is 30.3 Å². The Balaban J connectivity index is 1.93. The first-order chi connectivity index (χ1) is 12.8. The van der Waals surface area contributed by atoms with E-state index in [1.54, 1.807) is 20.3 Å². The lowest BCUT2D eigenvalue weighted by molar-refractivity contribution is -0.150. The molecule has 1 atom stereocenters. The molecule has 0 saturated heterocycles. The average Bonchev–Trinajstić information content (AvgIpc) is 2.64. The van der Waals surface area contributed by atoms with E-state index in [0.29, 0.717) is 0 Å². The van der Waals surface area contributed by atoms with E-state index < -0.39 is 24.5 Å². The Kier molecular flexibility index (Phi) is 6.70. The van der Waals surface area contributed by atoms with Gasteiger partial charge >= 0.3 is 5.97 Å². The van der Waals surface area contributed by atoms with Crippen LogP contribution in [0, 0.1) is 0 Å². The van der Waals surface area contributed by atoms with Gasteiger partial charge in [0.05, 0.1) is 19.0 Å². The summed E-state index contributed by atoms with van der Waals surface area (Å²) in [6.07, 6.45) is 3.38. The topological polar surface area (TPSA) is 96.0 Å². The minimum absolute atomic E-state index is 0.0785. The molecule has 0 bridgehead atoms. The predicted molar refractivity (Wildman–Crippen MR) is 98.0 cm³/mol. The third-order valence-electron chi connectivity index (χ3n) is 4.13. The predicted octanol–water partition coefficient (Wildman–Crippen LogP) is 0.698. The molecule has 0 saturated carbocycles. The molecule has 0 aliphatic carbocycles. The lowest BCUT2D eigenvalue weighted by Crippen LogP contribution is -2.38. The summed E-state index contributed by atoms with van der Waals surface area (Å²) in [5, 5.41) is 2.38. The number of carbonyl (C=O) groups excluding carboxylic acids is 4. The summed E-state index contributed by atoms with van der Waals surface area (Å²) in [6, 6.07) is 6.98. The van der Waals surface area contributed by atoms with Crippen molar-refractivity contribution in [3.8, 4) is 0 Å². The zero-order valence-electron chi connectivity index (χ0n) is 15.6. The maximum absolute atomic E-state index is 12.2. The van der Waals surface area contributed by atoms with Gasteiger partial charge in [0, 0.05) is 27.2 Å². The molecule has 8 heteroatoms. The fourth-order valence-corrected chi connectivity index (χ4v) is 2.66. The van der Waals surface area contributed by atoms with Crippen molar-refractivity contribution in [2.45, 2.75) is 19.4 Å². The second-order valence-corrected chi connectivity index (χ2v) is 6.32. The highest BCUT2D eigenvalue weighted by molar-refractivity contribution is 5.86. The summed E-state index contributed by atoms with van der Waals surface area (Å²) in [4.78, 5) is 50.0. The van der Waals surface area contributed by atoms with E-state index in [2.05, 4.69) is 5.32 Å². The molecule has 0 radical (unpaired) electrons. The van der Waals surface area contributed by atoms with Crippen molar-refractivity contribution < 1.29 is 23.9 Å². The number of ether oxygens (including phenoxy) is 1. The molecule has 0 unspecified atom stereocenters. The number of amides is 3. The highest BCUT2D eigenvalue weighted by Gasteiger charge is 2.28. The highest BCUT2D eigenvalue weighted by Crippen LogP contribution is 2.32. The van der Waals surface area contributed by atoms with Crippen LogP contribution in [-0.2, 0) is 23.9 Å². The number of esters is 1. The lowest BCUT2D eigenvalue weighted by Gasteiger charge is -2.32. The number of carbonyl (C=O) groups is 4. The zero-order chi connectivity index (χ0) is 20.0. The van der Waals surface area contributed by atoms with Gasteiger partial charge in [0.1, 0.15) is 0 Å². The summed E-state index contributed by atoms with van der Waals surface area (Å²) in [6.45, 7) is 0.776. The largest absolute Gasteiger partial charge is 0.456 e. The summed E-state index contributed by atoms with van der Waals surface area (Å²) in [5.41, 5.74) is 1.76. The van der Waals surface area contributed by atoms with Crippen LogP contribution in [0.4, 0.5) is 0 Å². The quantitative estimate of drug-likeness (QED) is 0.741. The molecular formula is C19H23N3O5. The lowest BCUT2D eigenvalue weighted by atomic mass is 9.94. The molecule has 2 rings (SSSR count). The molecule has 8 nitrogen and oxygen atoms in total. The van der Waals surface area contributed by atoms with Gasteiger partial charge in [0.15, 0.2) is 6.61 Å². The van der Waals surface area contributed by atoms with Crippen LogP contribution < -0.4 is 5.32 Å². The van der Waals surface area contributed by atoms with E-state index in [9.17, 15) is 19.2 Å². The first-order valence-corrected chi connectivity index (χ1v) is 8.48. The van der Waals surface area contributed by atoms with Crippen LogP contribution in [0.1, 0.15) is 30.5 Å². The molecule has 0 aromatic heterocycles. The molecule has 1 aromatic carbocycles. The zero-order valence-corrected chi connectivity index (χ0v) is 15.6. The van der Waals surface area contributed by atoms with Crippen LogP contribution in [0.3, 0.4) is 0 Å². The summed E-state index contributed by atoms with van der Waals surface area (Å²) < 4.78 is 5.00. The van der Waals surface area contributed by atoms with Crippen LogP contribution in [0.15, 0.2) is 30.5 Å². The molecule has 1 N–H and O–H groups in total. The molecule has 27 heavy (non-hydrogen) atoms. The van der Waals surface area contributed by atoms with Gasteiger partial charge < -0.3 is 19.9 Å². The maximum atomic E-state index is 12.2. The fourth-order valence-electron chi connectivity index (χ4n) is 2.66. The molecule has 0 spiro atoms. The minimum Gasteiger partial charge on any atom is -0.456 e. The van der Waals surface area contributed by atoms with Crippen molar-refractivity contribution in [3.63, 3.8) is 0 Å². The van der Waals surface area contributed by atoms with Crippen LogP contribution in [0.5, 0.6) is 0 Å². The standard InChI is InChI=1S/C19H23N3O5/c1-13(23)22-9-8-14-6-4-5-7-15(14)16(22)10-19(26)27-12-17(24)20-11-18(25)21(2)3/h4-9,16H,10-12H2,1-3H3,(H,20,24)/t16-/m1/s1. The number of hydrogen-bond donors (Lipinski definition) is 1. The van der Waals surface area contributed by atoms with Crippen LogP contribution >= 0.6 is 0 Å². The molecule has 3 amide bonds. The number of nitrogens with zero attached hydrogens (tertiary/aromatic N) is 2. The number of benzene rings is 1. The Labute approximate surface area is 157 Å². The van der Waals surface area contributed by atoms with Gasteiger partial charge in [-0.3, -0.25) is 19.2 Å². The van der Waals surface area contributed by atoms with Crippen LogP contribution in [0.2, 0.25) is 0 Å². The van der Waals surface area contributed by atoms with Gasteiger partial charge in [-0.1, -0.05) is 24.3 Å². The third-order valence-corrected chi connectivity index (χ3v) is 4.13. The molecule has 1 heterocycles. The first kappa shape index (κ1) is 20.2. The Morgan fingerprint density at radius 2 is 1.89 bits per heavy atom. The third kappa shape index (κ3) is 5.40. The number of nitrogens with one attached hydrogen (secondary N) is 1. The highest BCUT2D eigenvalue weighted by atomic mass is 16.5. The normalized spacial score (nSPS) is 14.9. The molecule has 144 valence electrons. The fraction of sp³-hybridized carbons (Fsp3) is 0.368. The number of hydrogen-bond acceptors (Lipinski definition) is 5. The van der Waals surface area contributed by atoms with Crippen molar-refractivity contribution >= 4 is 29.8 Å². The smallest absolute Gasteiger partial charge is 0.308 e. The van der Waals surface area contributed by atoms with Gasteiger partial charge in [-0.15, -0.1) is 0 Å². The minimum atomic E-state index is -0.606. The van der Waals surface area contributed by atoms with Gasteiger partial charge in [-0.2, -0.15) is 0 Å². The molecule has 1 aliphatic heterocycles. The monoisotopic (exact) mass is 373 g/mol. The van der Waals surface area contributed by atoms with Gasteiger partial charge in [0.25, 0.3) is 5.91 Å². The van der Waals surface area contributed by atoms with Crippen molar-refractivity contribution in [2.24, 2.45) is 0 Å². The Hall–Kier alpha value is -3.16. The van der Waals surface area contributed by atoms with Crippen molar-refractivity contribution in [3.05, 3.63) is 41.6 Å². The Morgan fingerprint density at radius 1 is 1.19 bits per heavy atom. The summed E-state index contributed by atoms with van der Waals surface area (Å²) >= 11 is 0. The van der Waals surface area contributed by atoms with Gasteiger partial charge in [-0.25, -0.2) is 0 Å². The summed E-state index contributed by atoms with van der Waals surface area (Å²) in [7, 11) is 3.15. The van der Waals surface area contributed by atoms with Crippen LogP contribution in [0.25, 0.3) is 6.08 Å². The van der Waals surface area contributed by atoms with Crippen molar-refractivity contribution in [2.75, 3.05) is 27.2 Å². The maximum Gasteiger partial charge on any atom is 0.308 e. The second kappa shape index (κ2) is 8.98. The van der Waals surface area contributed by atoms with E-state index in [-0.39, 0.29) is 24.8 Å². The number of fused-ring (bicyclic) bond motifs is 1. The SMILES string of the molecule is CC(=O)N1C=Cc2ccccc2[C@H]1CC(=O)OCC(=O)NCC(=O)N(C)C. The van der Waals surface area contributed by atoms with Crippen molar-refractivity contribution in [1.29, 1.82) is 0 Å². The Morgan fingerprint density at radius 3 is 2.56 bits per heavy atom. The van der Waals surface area contributed by atoms with Crippen LogP contribution in [-0.4, -0.2) is 60.7 Å². The van der Waals surface area contributed by atoms with E-state index in [4.69, 9.17) is 4.74 Å². The Bertz CT molecular complexity index is 772. The number of rotatable bonds is 6. The summed E-state index contributed by atoms with van der Waals surface area (Å²) in [5.74, 6) is -1.63. The van der Waals surface area contributed by atoms with Gasteiger partial charge in [-0.05, 0) is 17.2 Å². The molecule has 0 fully saturated rings. The second-order valence-electron chi connectivity index (χ2n) is 6.32. The molecule has 1 aromatic rings. The molecule has 1 aliphatic rings. The number of likely N-dealkylation sites (N-methyl/N-ethyl adjacent to an activating group) is 1. The van der Waals surface area contributed by atoms with Crippen molar-refractivity contribution in [1.82, 2.24) is 15.1 Å². The first-order valence-electron chi connectivity index (χ1n) is 8.48. The van der Waals surface area contributed by atoms with E-state index in [1.165, 1.54) is 16.7 Å². The average molecular weight is 373 g/mol. The van der Waals surface area contributed by atoms with E-state index >= 15 is 0 Å². The van der Waals surface area contributed by atoms with Gasteiger partial charge in [0.2, 0.25) is 11.8 Å².